The van der Waals surface area contributed by atoms with E-state index in [1.165, 1.54) is 4.31 Å². The Morgan fingerprint density at radius 3 is 2.09 bits per heavy atom. The summed E-state index contributed by atoms with van der Waals surface area (Å²) in [4.78, 5) is 14.4. The highest BCUT2D eigenvalue weighted by molar-refractivity contribution is 7.89. The van der Waals surface area contributed by atoms with Crippen LogP contribution in [-0.2, 0) is 10.0 Å². The molecule has 0 bridgehead atoms. The average molecular weight is 516 g/mol. The van der Waals surface area contributed by atoms with Gasteiger partial charge in [0.2, 0.25) is 15.9 Å². The Hall–Kier alpha value is -1.43. The van der Waals surface area contributed by atoms with Crippen LogP contribution in [0.15, 0.2) is 18.2 Å². The molecule has 2 fully saturated rings. The minimum atomic E-state index is -3.36. The molecule has 1 aliphatic heterocycles. The topological polar surface area (TPSA) is 69.7 Å². The highest BCUT2D eigenvalue weighted by Gasteiger charge is 2.47. The van der Waals surface area contributed by atoms with Crippen LogP contribution in [-0.4, -0.2) is 73.5 Å². The first-order chi connectivity index (χ1) is 15.0. The zero-order valence-corrected chi connectivity index (χ0v) is 20.1. The molecule has 1 aromatic rings. The van der Waals surface area contributed by atoms with Gasteiger partial charge in [-0.25, -0.2) is 26.0 Å². The highest BCUT2D eigenvalue weighted by Crippen LogP contribution is 2.42. The van der Waals surface area contributed by atoms with Crippen molar-refractivity contribution < 1.29 is 30.8 Å². The van der Waals surface area contributed by atoms with Crippen LogP contribution in [0, 0.1) is 11.6 Å². The van der Waals surface area contributed by atoms with Gasteiger partial charge in [-0.2, -0.15) is 4.31 Å². The number of alkyl halides is 2. The van der Waals surface area contributed by atoms with Crippen LogP contribution >= 0.6 is 12.4 Å². The van der Waals surface area contributed by atoms with Crippen molar-refractivity contribution in [2.75, 3.05) is 38.5 Å². The fourth-order valence-electron chi connectivity index (χ4n) is 4.56. The van der Waals surface area contributed by atoms with E-state index in [9.17, 15) is 30.8 Å². The molecular weight excluding hydrogens is 486 g/mol. The number of rotatable bonds is 7. The fourth-order valence-corrected chi connectivity index (χ4v) is 6.06. The number of nitrogens with one attached hydrogen (secondary N) is 1. The van der Waals surface area contributed by atoms with Crippen LogP contribution < -0.4 is 5.32 Å². The maximum absolute atomic E-state index is 14.0. The van der Waals surface area contributed by atoms with Crippen molar-refractivity contribution in [3.05, 3.63) is 35.4 Å². The average Bonchev–Trinajstić information content (AvgIpc) is 2.73. The second-order valence-electron chi connectivity index (χ2n) is 8.56. The number of nitrogens with zero attached hydrogens (tertiary/aromatic N) is 2. The molecular formula is C21H30ClF4N3O3S. The third-order valence-corrected chi connectivity index (χ3v) is 8.52. The SMILES string of the molecule is CCCS(=O)(=O)N1CCN(C2(CNC(=O)c3c(F)cccc3F)CCC(F)(F)CC2)CC1.Cl. The number of benzene rings is 1. The van der Waals surface area contributed by atoms with Gasteiger partial charge in [0.15, 0.2) is 0 Å². The zero-order valence-electron chi connectivity index (χ0n) is 18.5. The van der Waals surface area contributed by atoms with E-state index in [4.69, 9.17) is 0 Å². The summed E-state index contributed by atoms with van der Waals surface area (Å²) in [6.45, 7) is 2.85. The molecule has 188 valence electrons. The minimum absolute atomic E-state index is 0. The zero-order chi connectivity index (χ0) is 23.6. The van der Waals surface area contributed by atoms with Gasteiger partial charge in [-0.05, 0) is 31.4 Å². The van der Waals surface area contributed by atoms with Gasteiger partial charge in [0.05, 0.1) is 5.75 Å². The Kier molecular flexibility index (Phi) is 9.17. The van der Waals surface area contributed by atoms with Crippen LogP contribution in [0.4, 0.5) is 17.6 Å². The van der Waals surface area contributed by atoms with Crippen LogP contribution in [0.3, 0.4) is 0 Å². The molecule has 0 unspecified atom stereocenters. The van der Waals surface area contributed by atoms with Gasteiger partial charge in [0, 0.05) is 51.1 Å². The quantitative estimate of drug-likeness (QED) is 0.565. The van der Waals surface area contributed by atoms with Crippen LogP contribution in [0.1, 0.15) is 49.4 Å². The number of halogens is 5. The summed E-state index contributed by atoms with van der Waals surface area (Å²) < 4.78 is 81.8. The van der Waals surface area contributed by atoms with Crippen molar-refractivity contribution in [1.82, 2.24) is 14.5 Å². The molecule has 0 atom stereocenters. The van der Waals surface area contributed by atoms with Crippen molar-refractivity contribution in [1.29, 1.82) is 0 Å². The molecule has 0 spiro atoms. The third kappa shape index (κ3) is 6.37. The van der Waals surface area contributed by atoms with Gasteiger partial charge >= 0.3 is 0 Å². The molecule has 3 rings (SSSR count). The van der Waals surface area contributed by atoms with Gasteiger partial charge < -0.3 is 5.32 Å². The lowest BCUT2D eigenvalue weighted by Crippen LogP contribution is -2.63. The number of hydrogen-bond donors (Lipinski definition) is 1. The first-order valence-corrected chi connectivity index (χ1v) is 12.4. The summed E-state index contributed by atoms with van der Waals surface area (Å²) in [5.74, 6) is -5.70. The molecule has 1 aromatic carbocycles. The predicted octanol–water partition coefficient (Wildman–Crippen LogP) is 3.42. The smallest absolute Gasteiger partial charge is 0.257 e. The van der Waals surface area contributed by atoms with E-state index in [1.807, 2.05) is 4.90 Å². The minimum Gasteiger partial charge on any atom is -0.350 e. The Bertz CT molecular complexity index is 910. The molecule has 0 radical (unpaired) electrons. The monoisotopic (exact) mass is 515 g/mol. The number of sulfonamides is 1. The van der Waals surface area contributed by atoms with E-state index in [0.29, 0.717) is 19.5 Å². The van der Waals surface area contributed by atoms with Crippen LogP contribution in [0.2, 0.25) is 0 Å². The van der Waals surface area contributed by atoms with E-state index >= 15 is 0 Å². The number of hydrogen-bond acceptors (Lipinski definition) is 4. The molecule has 1 saturated heterocycles. The van der Waals surface area contributed by atoms with Crippen molar-refractivity contribution in [2.24, 2.45) is 0 Å². The number of amides is 1. The molecule has 12 heteroatoms. The van der Waals surface area contributed by atoms with E-state index in [1.54, 1.807) is 6.92 Å². The number of carbonyl (C=O) groups is 1. The molecule has 1 heterocycles. The van der Waals surface area contributed by atoms with Crippen LogP contribution in [0.25, 0.3) is 0 Å². The van der Waals surface area contributed by atoms with Gasteiger partial charge in [0.25, 0.3) is 5.91 Å². The van der Waals surface area contributed by atoms with Gasteiger partial charge in [-0.15, -0.1) is 12.4 Å². The molecule has 1 saturated carbocycles. The number of carbonyl (C=O) groups excluding carboxylic acids is 1. The fraction of sp³-hybridized carbons (Fsp3) is 0.667. The van der Waals surface area contributed by atoms with Crippen molar-refractivity contribution in [3.8, 4) is 0 Å². The molecule has 6 nitrogen and oxygen atoms in total. The maximum atomic E-state index is 14.0. The first kappa shape index (κ1) is 27.8. The Morgan fingerprint density at radius 1 is 1.03 bits per heavy atom. The third-order valence-electron chi connectivity index (χ3n) is 6.44. The second kappa shape index (κ2) is 10.9. The number of piperazine rings is 1. The summed E-state index contributed by atoms with van der Waals surface area (Å²) in [7, 11) is -3.36. The lowest BCUT2D eigenvalue weighted by atomic mass is 9.78. The summed E-state index contributed by atoms with van der Waals surface area (Å²) in [5.41, 5.74) is -1.54. The normalized spacial score (nSPS) is 21.2. The van der Waals surface area contributed by atoms with Crippen LogP contribution in [0.5, 0.6) is 0 Å². The van der Waals surface area contributed by atoms with E-state index < -0.39 is 44.6 Å². The van der Waals surface area contributed by atoms with Gasteiger partial charge in [-0.3, -0.25) is 9.69 Å². The summed E-state index contributed by atoms with van der Waals surface area (Å²) >= 11 is 0. The first-order valence-electron chi connectivity index (χ1n) is 10.8. The molecule has 1 amide bonds. The summed E-state index contributed by atoms with van der Waals surface area (Å²) in [5, 5.41) is 2.54. The summed E-state index contributed by atoms with van der Waals surface area (Å²) in [6.07, 6.45) is -0.0692. The lowest BCUT2D eigenvalue weighted by molar-refractivity contribution is -0.0856. The van der Waals surface area contributed by atoms with E-state index in [-0.39, 0.29) is 63.5 Å². The Labute approximate surface area is 198 Å². The second-order valence-corrected chi connectivity index (χ2v) is 10.7. The van der Waals surface area contributed by atoms with Gasteiger partial charge in [-0.1, -0.05) is 13.0 Å². The predicted molar refractivity (Wildman–Crippen MR) is 119 cm³/mol. The molecule has 0 aromatic heterocycles. The highest BCUT2D eigenvalue weighted by atomic mass is 35.5. The van der Waals surface area contributed by atoms with E-state index in [2.05, 4.69) is 5.32 Å². The molecule has 2 aliphatic rings. The molecule has 1 aliphatic carbocycles. The lowest BCUT2D eigenvalue weighted by Gasteiger charge is -2.50. The Morgan fingerprint density at radius 2 is 1.58 bits per heavy atom. The van der Waals surface area contributed by atoms with E-state index in [0.717, 1.165) is 18.2 Å². The van der Waals surface area contributed by atoms with Crippen molar-refractivity contribution in [2.45, 2.75) is 50.5 Å². The largest absolute Gasteiger partial charge is 0.350 e. The maximum Gasteiger partial charge on any atom is 0.257 e. The van der Waals surface area contributed by atoms with Crippen molar-refractivity contribution in [3.63, 3.8) is 0 Å². The van der Waals surface area contributed by atoms with Gasteiger partial charge in [0.1, 0.15) is 17.2 Å². The molecule has 33 heavy (non-hydrogen) atoms. The standard InChI is InChI=1S/C21H29F4N3O3S.ClH/c1-2-14-32(30,31)28-12-10-27(11-13-28)20(6-8-21(24,25)9-7-20)15-26-19(29)18-16(22)4-3-5-17(18)23;/h3-5H,2,6-15H2,1H3,(H,26,29);1H. The van der Waals surface area contributed by atoms with Crippen molar-refractivity contribution >= 4 is 28.3 Å². The Balaban J connectivity index is 0.00000385. The summed E-state index contributed by atoms with van der Waals surface area (Å²) in [6, 6.07) is 3.11. The molecule has 1 N–H and O–H groups in total.